The third-order valence-electron chi connectivity index (χ3n) is 5.48. The van der Waals surface area contributed by atoms with E-state index >= 15 is 0 Å². The molecule has 2 aromatic carbocycles. The van der Waals surface area contributed by atoms with Gasteiger partial charge in [-0.1, -0.05) is 37.3 Å². The molecule has 0 fully saturated rings. The Balaban J connectivity index is 1.45. The molecule has 1 amide bonds. The quantitative estimate of drug-likeness (QED) is 0.432. The van der Waals surface area contributed by atoms with E-state index in [1.807, 2.05) is 50.2 Å². The zero-order valence-electron chi connectivity index (χ0n) is 17.8. The molecular weight excluding hydrogens is 394 g/mol. The number of benzene rings is 2. The van der Waals surface area contributed by atoms with Crippen LogP contribution in [0.25, 0.3) is 21.7 Å². The summed E-state index contributed by atoms with van der Waals surface area (Å²) in [5, 5.41) is 10.0. The van der Waals surface area contributed by atoms with Gasteiger partial charge in [0.2, 0.25) is 0 Å². The molecule has 0 saturated carbocycles. The zero-order valence-corrected chi connectivity index (χ0v) is 17.8. The Bertz CT molecular complexity index is 1240. The first-order chi connectivity index (χ1) is 15.0. The second kappa shape index (κ2) is 8.63. The number of esters is 1. The number of nitrogens with one attached hydrogen (secondary N) is 1. The van der Waals surface area contributed by atoms with Crippen molar-refractivity contribution in [3.63, 3.8) is 0 Å². The molecule has 7 heteroatoms. The summed E-state index contributed by atoms with van der Waals surface area (Å²) in [7, 11) is 0. The summed E-state index contributed by atoms with van der Waals surface area (Å²) in [6.45, 7) is 5.62. The van der Waals surface area contributed by atoms with E-state index in [1.54, 1.807) is 30.1 Å². The van der Waals surface area contributed by atoms with E-state index in [0.29, 0.717) is 11.4 Å². The van der Waals surface area contributed by atoms with Crippen molar-refractivity contribution < 1.29 is 18.7 Å². The van der Waals surface area contributed by atoms with Gasteiger partial charge in [0.15, 0.2) is 6.10 Å². The van der Waals surface area contributed by atoms with Crippen LogP contribution in [0.4, 0.5) is 5.82 Å². The van der Waals surface area contributed by atoms with Gasteiger partial charge in [0.25, 0.3) is 5.91 Å². The van der Waals surface area contributed by atoms with Gasteiger partial charge in [0, 0.05) is 17.0 Å². The highest BCUT2D eigenvalue weighted by atomic mass is 16.5. The number of rotatable bonds is 7. The number of hydrogen-bond acceptors (Lipinski definition) is 5. The van der Waals surface area contributed by atoms with Gasteiger partial charge in [-0.2, -0.15) is 5.10 Å². The number of anilines is 1. The van der Waals surface area contributed by atoms with Gasteiger partial charge in [-0.15, -0.1) is 0 Å². The normalized spacial score (nSPS) is 13.3. The lowest BCUT2D eigenvalue weighted by atomic mass is 10.0. The molecule has 0 aliphatic carbocycles. The number of carbonyl (C=O) groups is 2. The number of carbonyl (C=O) groups excluding carboxylic acids is 2. The van der Waals surface area contributed by atoms with Gasteiger partial charge in [-0.05, 0) is 37.1 Å². The smallest absolute Gasteiger partial charge is 0.311 e. The van der Waals surface area contributed by atoms with Crippen molar-refractivity contribution in [3.05, 3.63) is 60.5 Å². The van der Waals surface area contributed by atoms with Crippen LogP contribution in [0.3, 0.4) is 0 Å². The molecule has 0 unspecified atom stereocenters. The van der Waals surface area contributed by atoms with E-state index in [9.17, 15) is 9.59 Å². The van der Waals surface area contributed by atoms with Crippen LogP contribution >= 0.6 is 0 Å². The molecule has 1 N–H and O–H groups in total. The lowest BCUT2D eigenvalue weighted by Gasteiger charge is -2.17. The third-order valence-corrected chi connectivity index (χ3v) is 5.48. The number of fused-ring (bicyclic) bond motifs is 3. The number of amides is 1. The second-order valence-electron chi connectivity index (χ2n) is 7.64. The topological polar surface area (TPSA) is 86.4 Å². The van der Waals surface area contributed by atoms with Crippen molar-refractivity contribution in [1.29, 1.82) is 0 Å². The highest BCUT2D eigenvalue weighted by Gasteiger charge is 2.21. The molecule has 0 spiro atoms. The molecular formula is C24H25N3O4. The van der Waals surface area contributed by atoms with Crippen LogP contribution in [0.1, 0.15) is 38.8 Å². The summed E-state index contributed by atoms with van der Waals surface area (Å²) in [6, 6.07) is 13.7. The average Bonchev–Trinajstić information content (AvgIpc) is 3.40. The zero-order chi connectivity index (χ0) is 22.0. The monoisotopic (exact) mass is 419 g/mol. The van der Waals surface area contributed by atoms with Crippen LogP contribution in [0.15, 0.2) is 59.3 Å². The fourth-order valence-corrected chi connectivity index (χ4v) is 3.62. The molecule has 160 valence electrons. The van der Waals surface area contributed by atoms with Crippen LogP contribution in [0.5, 0.6) is 0 Å². The van der Waals surface area contributed by atoms with E-state index in [0.717, 1.165) is 28.1 Å². The molecule has 0 radical (unpaired) electrons. The van der Waals surface area contributed by atoms with E-state index in [-0.39, 0.29) is 12.5 Å². The first-order valence-electron chi connectivity index (χ1n) is 10.4. The molecule has 0 saturated heterocycles. The largest absolute Gasteiger partial charge is 0.464 e. The van der Waals surface area contributed by atoms with E-state index < -0.39 is 18.0 Å². The summed E-state index contributed by atoms with van der Waals surface area (Å²) < 4.78 is 12.8. The number of nitrogens with zero attached hydrogens (tertiary/aromatic N) is 2. The predicted molar refractivity (Wildman–Crippen MR) is 119 cm³/mol. The van der Waals surface area contributed by atoms with E-state index in [4.69, 9.17) is 9.15 Å². The van der Waals surface area contributed by atoms with Crippen LogP contribution in [0.2, 0.25) is 0 Å². The lowest BCUT2D eigenvalue weighted by Crippen LogP contribution is -2.31. The maximum absolute atomic E-state index is 12.6. The molecule has 2 atom stereocenters. The van der Waals surface area contributed by atoms with Crippen molar-refractivity contribution in [2.24, 2.45) is 0 Å². The van der Waals surface area contributed by atoms with E-state index in [1.165, 1.54) is 0 Å². The Hall–Kier alpha value is -3.61. The summed E-state index contributed by atoms with van der Waals surface area (Å²) in [6.07, 6.45) is 3.16. The minimum atomic E-state index is -0.942. The molecule has 2 aromatic heterocycles. The van der Waals surface area contributed by atoms with Crippen molar-refractivity contribution in [3.8, 4) is 0 Å². The van der Waals surface area contributed by atoms with Crippen LogP contribution in [-0.4, -0.2) is 27.8 Å². The summed E-state index contributed by atoms with van der Waals surface area (Å²) in [5.74, 6) is -0.316. The minimum Gasteiger partial charge on any atom is -0.464 e. The Morgan fingerprint density at radius 2 is 1.97 bits per heavy atom. The molecule has 0 aliphatic heterocycles. The third kappa shape index (κ3) is 4.17. The Labute approximate surface area is 180 Å². The van der Waals surface area contributed by atoms with Gasteiger partial charge in [0.05, 0.1) is 24.9 Å². The number of aromatic nitrogens is 2. The minimum absolute atomic E-state index is 0.0173. The highest BCUT2D eigenvalue weighted by Crippen LogP contribution is 2.30. The van der Waals surface area contributed by atoms with Gasteiger partial charge < -0.3 is 14.5 Å². The maximum Gasteiger partial charge on any atom is 0.311 e. The fraction of sp³-hybridized carbons (Fsp3) is 0.292. The van der Waals surface area contributed by atoms with E-state index in [2.05, 4.69) is 10.4 Å². The standard InChI is InChI=1S/C24H25N3O4/c1-4-15(2)27-21(11-12-25-27)26-24(29)16(3)31-22(28)13-18-14-30-20-10-9-17-7-5-6-8-19(17)23(18)20/h5-12,14-16H,4,13H2,1-3H3,(H,26,29)/t15-,16+/m1/s1. The Morgan fingerprint density at radius 1 is 1.16 bits per heavy atom. The second-order valence-corrected chi connectivity index (χ2v) is 7.64. The molecule has 31 heavy (non-hydrogen) atoms. The molecule has 0 aliphatic rings. The van der Waals surface area contributed by atoms with Gasteiger partial charge in [-0.3, -0.25) is 9.59 Å². The van der Waals surface area contributed by atoms with Gasteiger partial charge >= 0.3 is 5.97 Å². The molecule has 2 heterocycles. The van der Waals surface area contributed by atoms with Crippen LogP contribution in [-0.2, 0) is 20.7 Å². The number of hydrogen-bond donors (Lipinski definition) is 1. The fourth-order valence-electron chi connectivity index (χ4n) is 3.62. The highest BCUT2D eigenvalue weighted by molar-refractivity contribution is 6.08. The maximum atomic E-state index is 12.6. The summed E-state index contributed by atoms with van der Waals surface area (Å²) in [4.78, 5) is 25.1. The Morgan fingerprint density at radius 3 is 2.77 bits per heavy atom. The average molecular weight is 419 g/mol. The van der Waals surface area contributed by atoms with Crippen molar-refractivity contribution in [2.75, 3.05) is 5.32 Å². The first kappa shape index (κ1) is 20.7. The summed E-state index contributed by atoms with van der Waals surface area (Å²) >= 11 is 0. The molecule has 4 rings (SSSR count). The van der Waals surface area contributed by atoms with Crippen molar-refractivity contribution in [1.82, 2.24) is 9.78 Å². The number of furan rings is 1. The van der Waals surface area contributed by atoms with Crippen LogP contribution < -0.4 is 5.32 Å². The Kier molecular flexibility index (Phi) is 5.75. The van der Waals surface area contributed by atoms with Gasteiger partial charge in [-0.25, -0.2) is 4.68 Å². The summed E-state index contributed by atoms with van der Waals surface area (Å²) in [5.41, 5.74) is 1.45. The molecule has 4 aromatic rings. The SMILES string of the molecule is CC[C@@H](C)n1nccc1NC(=O)[C@H](C)OC(=O)Cc1coc2ccc3ccccc3c12. The van der Waals surface area contributed by atoms with Crippen molar-refractivity contribution >= 4 is 39.4 Å². The predicted octanol–water partition coefficient (Wildman–Crippen LogP) is 4.87. The molecule has 0 bridgehead atoms. The van der Waals surface area contributed by atoms with Gasteiger partial charge in [0.1, 0.15) is 11.4 Å². The van der Waals surface area contributed by atoms with Crippen LogP contribution in [0, 0.1) is 0 Å². The lowest BCUT2D eigenvalue weighted by molar-refractivity contribution is -0.152. The number of ether oxygens (including phenoxy) is 1. The van der Waals surface area contributed by atoms with Crippen molar-refractivity contribution in [2.45, 2.75) is 45.8 Å². The first-order valence-corrected chi connectivity index (χ1v) is 10.4. The molecule has 7 nitrogen and oxygen atoms in total.